The fraction of sp³-hybridized carbons (Fsp3) is 0.222. The first-order chi connectivity index (χ1) is 12.3. The number of amides is 1. The number of thiophene rings is 1. The summed E-state index contributed by atoms with van der Waals surface area (Å²) < 4.78 is 38.9. The van der Waals surface area contributed by atoms with Gasteiger partial charge in [-0.15, -0.1) is 11.3 Å². The molecular formula is C18H15F3N2O2S. The molecule has 0 aliphatic carbocycles. The predicted octanol–water partition coefficient (Wildman–Crippen LogP) is 3.99. The molecule has 0 saturated carbocycles. The highest BCUT2D eigenvalue weighted by Crippen LogP contribution is 2.23. The van der Waals surface area contributed by atoms with E-state index >= 15 is 0 Å². The molecule has 2 heterocycles. The van der Waals surface area contributed by atoms with Gasteiger partial charge < -0.3 is 9.88 Å². The van der Waals surface area contributed by atoms with Gasteiger partial charge in [-0.25, -0.2) is 0 Å². The Hall–Kier alpha value is -2.61. The third-order valence-corrected chi connectivity index (χ3v) is 4.84. The highest BCUT2D eigenvalue weighted by atomic mass is 32.1. The standard InChI is InChI=1S/C18H15F3N2O2S/c1-11-4-2-5-12-8-13(16(24)22-15(11)12)9-23(17(25)18(19,20)21)10-14-6-3-7-26-14/h2-8H,9-10H2,1H3,(H,22,24). The van der Waals surface area contributed by atoms with Gasteiger partial charge >= 0.3 is 12.1 Å². The van der Waals surface area contributed by atoms with Gasteiger partial charge in [0.1, 0.15) is 0 Å². The SMILES string of the molecule is Cc1cccc2cc(CN(Cc3cccs3)C(=O)C(F)(F)F)c(=O)[nH]c12. The van der Waals surface area contributed by atoms with E-state index in [4.69, 9.17) is 0 Å². The zero-order valence-corrected chi connectivity index (χ0v) is 14.6. The van der Waals surface area contributed by atoms with Gasteiger partial charge in [0, 0.05) is 10.4 Å². The topological polar surface area (TPSA) is 53.2 Å². The van der Waals surface area contributed by atoms with Crippen molar-refractivity contribution >= 4 is 28.1 Å². The van der Waals surface area contributed by atoms with Crippen LogP contribution < -0.4 is 5.56 Å². The summed E-state index contributed by atoms with van der Waals surface area (Å²) in [6.07, 6.45) is -5.00. The van der Waals surface area contributed by atoms with Crippen LogP contribution in [0.15, 0.2) is 46.6 Å². The number of pyridine rings is 1. The first kappa shape index (κ1) is 18.2. The summed E-state index contributed by atoms with van der Waals surface area (Å²) in [5.74, 6) is -1.96. The number of hydrogen-bond acceptors (Lipinski definition) is 3. The third kappa shape index (κ3) is 3.80. The van der Waals surface area contributed by atoms with Crippen molar-refractivity contribution in [1.29, 1.82) is 0 Å². The summed E-state index contributed by atoms with van der Waals surface area (Å²) >= 11 is 1.25. The molecule has 0 fully saturated rings. The summed E-state index contributed by atoms with van der Waals surface area (Å²) in [5, 5.41) is 2.42. The molecule has 0 spiro atoms. The van der Waals surface area contributed by atoms with Crippen LogP contribution in [0.2, 0.25) is 0 Å². The van der Waals surface area contributed by atoms with Crippen molar-refractivity contribution in [2.24, 2.45) is 0 Å². The van der Waals surface area contributed by atoms with Gasteiger partial charge in [0.25, 0.3) is 5.56 Å². The van der Waals surface area contributed by atoms with E-state index in [1.165, 1.54) is 17.4 Å². The monoisotopic (exact) mass is 380 g/mol. The highest BCUT2D eigenvalue weighted by Gasteiger charge is 2.42. The molecule has 1 N–H and O–H groups in total. The van der Waals surface area contributed by atoms with Gasteiger partial charge in [-0.1, -0.05) is 24.3 Å². The maximum absolute atomic E-state index is 13.0. The largest absolute Gasteiger partial charge is 0.471 e. The lowest BCUT2D eigenvalue weighted by atomic mass is 10.1. The zero-order valence-electron chi connectivity index (χ0n) is 13.8. The minimum atomic E-state index is -5.00. The molecule has 3 rings (SSSR count). The lowest BCUT2D eigenvalue weighted by molar-refractivity contribution is -0.186. The second-order valence-electron chi connectivity index (χ2n) is 5.90. The van der Waals surface area contributed by atoms with E-state index in [-0.39, 0.29) is 12.1 Å². The number of halogens is 3. The molecule has 26 heavy (non-hydrogen) atoms. The number of benzene rings is 1. The number of aromatic amines is 1. The van der Waals surface area contributed by atoms with Crippen molar-refractivity contribution in [3.63, 3.8) is 0 Å². The molecule has 0 atom stereocenters. The maximum atomic E-state index is 13.0. The first-order valence-electron chi connectivity index (χ1n) is 7.75. The molecule has 136 valence electrons. The van der Waals surface area contributed by atoms with Crippen LogP contribution in [0.3, 0.4) is 0 Å². The Kier molecular flexibility index (Phi) is 4.86. The number of nitrogens with one attached hydrogen (secondary N) is 1. The number of H-pyrrole nitrogens is 1. The minimum Gasteiger partial charge on any atom is -0.325 e. The van der Waals surface area contributed by atoms with E-state index in [0.29, 0.717) is 20.7 Å². The van der Waals surface area contributed by atoms with Crippen molar-refractivity contribution in [2.75, 3.05) is 0 Å². The van der Waals surface area contributed by atoms with Crippen molar-refractivity contribution in [2.45, 2.75) is 26.2 Å². The summed E-state index contributed by atoms with van der Waals surface area (Å²) in [6.45, 7) is 1.20. The lowest BCUT2D eigenvalue weighted by Crippen LogP contribution is -2.41. The van der Waals surface area contributed by atoms with Gasteiger partial charge in [0.15, 0.2) is 0 Å². The summed E-state index contributed by atoms with van der Waals surface area (Å²) in [5.41, 5.74) is 1.09. The number of nitrogens with zero attached hydrogens (tertiary/aromatic N) is 1. The van der Waals surface area contributed by atoms with Gasteiger partial charge in [-0.2, -0.15) is 13.2 Å². The van der Waals surface area contributed by atoms with Crippen LogP contribution in [0.25, 0.3) is 10.9 Å². The fourth-order valence-corrected chi connectivity index (χ4v) is 3.44. The van der Waals surface area contributed by atoms with E-state index in [0.717, 1.165) is 5.56 Å². The Morgan fingerprint density at radius 3 is 2.62 bits per heavy atom. The predicted molar refractivity (Wildman–Crippen MR) is 93.9 cm³/mol. The van der Waals surface area contributed by atoms with E-state index < -0.39 is 24.2 Å². The van der Waals surface area contributed by atoms with Crippen LogP contribution in [0.1, 0.15) is 16.0 Å². The fourth-order valence-electron chi connectivity index (χ4n) is 2.72. The summed E-state index contributed by atoms with van der Waals surface area (Å²) in [7, 11) is 0. The Morgan fingerprint density at radius 2 is 1.96 bits per heavy atom. The van der Waals surface area contributed by atoms with Crippen LogP contribution in [-0.2, 0) is 17.9 Å². The summed E-state index contributed by atoms with van der Waals surface area (Å²) in [6, 6.07) is 10.3. The zero-order chi connectivity index (χ0) is 18.9. The molecule has 3 aromatic rings. The molecule has 1 amide bonds. The smallest absolute Gasteiger partial charge is 0.325 e. The van der Waals surface area contributed by atoms with E-state index in [9.17, 15) is 22.8 Å². The average Bonchev–Trinajstić information content (AvgIpc) is 3.07. The van der Waals surface area contributed by atoms with Gasteiger partial charge in [-0.3, -0.25) is 9.59 Å². The molecule has 0 saturated heterocycles. The van der Waals surface area contributed by atoms with Crippen LogP contribution in [-0.4, -0.2) is 22.0 Å². The number of aromatic nitrogens is 1. The third-order valence-electron chi connectivity index (χ3n) is 3.98. The van der Waals surface area contributed by atoms with Crippen molar-refractivity contribution in [3.05, 3.63) is 68.1 Å². The Bertz CT molecular complexity index is 994. The maximum Gasteiger partial charge on any atom is 0.471 e. The minimum absolute atomic E-state index is 0.109. The number of aryl methyl sites for hydroxylation is 1. The van der Waals surface area contributed by atoms with E-state index in [2.05, 4.69) is 4.98 Å². The van der Waals surface area contributed by atoms with Gasteiger partial charge in [0.2, 0.25) is 0 Å². The Balaban J connectivity index is 1.98. The molecule has 0 bridgehead atoms. The molecule has 8 heteroatoms. The highest BCUT2D eigenvalue weighted by molar-refractivity contribution is 7.09. The Morgan fingerprint density at radius 1 is 1.19 bits per heavy atom. The molecular weight excluding hydrogens is 365 g/mol. The number of fused-ring (bicyclic) bond motifs is 1. The second kappa shape index (κ2) is 6.95. The lowest BCUT2D eigenvalue weighted by Gasteiger charge is -2.23. The number of para-hydroxylation sites is 1. The molecule has 1 aromatic carbocycles. The number of hydrogen-bond donors (Lipinski definition) is 1. The molecule has 0 radical (unpaired) electrons. The molecule has 0 aliphatic heterocycles. The number of alkyl halides is 3. The first-order valence-corrected chi connectivity index (χ1v) is 8.63. The van der Waals surface area contributed by atoms with Crippen molar-refractivity contribution in [1.82, 2.24) is 9.88 Å². The number of rotatable bonds is 4. The van der Waals surface area contributed by atoms with Gasteiger partial charge in [0.05, 0.1) is 18.6 Å². The average molecular weight is 380 g/mol. The molecule has 4 nitrogen and oxygen atoms in total. The normalized spacial score (nSPS) is 11.7. The Labute approximate surface area is 150 Å². The summed E-state index contributed by atoms with van der Waals surface area (Å²) in [4.78, 5) is 28.1. The van der Waals surface area contributed by atoms with E-state index in [1.54, 1.807) is 29.6 Å². The van der Waals surface area contributed by atoms with Crippen molar-refractivity contribution < 1.29 is 18.0 Å². The van der Waals surface area contributed by atoms with Crippen LogP contribution in [0.5, 0.6) is 0 Å². The van der Waals surface area contributed by atoms with E-state index in [1.807, 2.05) is 13.0 Å². The molecule has 0 unspecified atom stereocenters. The number of carbonyl (C=O) groups is 1. The van der Waals surface area contributed by atoms with Gasteiger partial charge in [-0.05, 0) is 35.4 Å². The van der Waals surface area contributed by atoms with Crippen molar-refractivity contribution in [3.8, 4) is 0 Å². The number of carbonyl (C=O) groups excluding carboxylic acids is 1. The van der Waals surface area contributed by atoms with Crippen LogP contribution in [0, 0.1) is 6.92 Å². The van der Waals surface area contributed by atoms with Crippen LogP contribution in [0.4, 0.5) is 13.2 Å². The quantitative estimate of drug-likeness (QED) is 0.744. The molecule has 2 aromatic heterocycles. The molecule has 0 aliphatic rings. The van der Waals surface area contributed by atoms with Crippen LogP contribution >= 0.6 is 11.3 Å². The second-order valence-corrected chi connectivity index (χ2v) is 6.93.